The van der Waals surface area contributed by atoms with Crippen LogP contribution in [-0.2, 0) is 0 Å². The summed E-state index contributed by atoms with van der Waals surface area (Å²) in [6.45, 7) is 4.09. The molecule has 0 atom stereocenters. The maximum absolute atomic E-state index is 13.5. The molecule has 1 aliphatic carbocycles. The normalized spacial score (nSPS) is 13.8. The van der Waals surface area contributed by atoms with Crippen molar-refractivity contribution < 1.29 is 0 Å². The molecule has 10 heteroatoms. The highest BCUT2D eigenvalue weighted by Crippen LogP contribution is 2.39. The van der Waals surface area contributed by atoms with Crippen LogP contribution in [0.5, 0.6) is 0 Å². The Hall–Kier alpha value is -3.85. The van der Waals surface area contributed by atoms with Gasteiger partial charge in [0.15, 0.2) is 5.82 Å². The average molecular weight is 473 g/mol. The molecule has 0 radical (unpaired) electrons. The van der Waals surface area contributed by atoms with Gasteiger partial charge in [0.05, 0.1) is 33.6 Å². The van der Waals surface area contributed by atoms with Crippen LogP contribution < -0.4 is 5.56 Å². The SMILES string of the molecule is CC(C)n1cnnc1-c1cccc(-n2cnc3cc(Cl)c(-n4cnc(C5CC5)c4)cc3c2=O)n1. The first kappa shape index (κ1) is 20.7. The number of fused-ring (bicyclic) bond motifs is 1. The van der Waals surface area contributed by atoms with Crippen molar-refractivity contribution in [3.63, 3.8) is 0 Å². The molecule has 0 aliphatic heterocycles. The van der Waals surface area contributed by atoms with Gasteiger partial charge in [0, 0.05) is 18.2 Å². The molecule has 9 nitrogen and oxygen atoms in total. The van der Waals surface area contributed by atoms with Gasteiger partial charge in [-0.1, -0.05) is 17.7 Å². The molecule has 1 fully saturated rings. The summed E-state index contributed by atoms with van der Waals surface area (Å²) in [7, 11) is 0. The maximum atomic E-state index is 13.5. The number of hydrogen-bond donors (Lipinski definition) is 0. The van der Waals surface area contributed by atoms with Gasteiger partial charge in [0.25, 0.3) is 5.56 Å². The van der Waals surface area contributed by atoms with Crippen LogP contribution >= 0.6 is 11.6 Å². The Morgan fingerprint density at radius 3 is 2.74 bits per heavy atom. The average Bonchev–Trinajstić information content (AvgIpc) is 3.35. The van der Waals surface area contributed by atoms with Crippen LogP contribution in [0.15, 0.2) is 60.3 Å². The minimum atomic E-state index is -0.236. The fourth-order valence-electron chi connectivity index (χ4n) is 4.04. The second-order valence-corrected chi connectivity index (χ2v) is 9.16. The number of halogens is 1. The highest BCUT2D eigenvalue weighted by Gasteiger charge is 2.26. The zero-order valence-corrected chi connectivity index (χ0v) is 19.4. The molecule has 34 heavy (non-hydrogen) atoms. The van der Waals surface area contributed by atoms with Crippen LogP contribution in [0, 0.1) is 0 Å². The Morgan fingerprint density at radius 1 is 1.09 bits per heavy atom. The van der Waals surface area contributed by atoms with E-state index < -0.39 is 0 Å². The number of nitrogens with zero attached hydrogens (tertiary/aromatic N) is 8. The summed E-state index contributed by atoms with van der Waals surface area (Å²) in [6, 6.07) is 9.10. The van der Waals surface area contributed by atoms with Crippen molar-refractivity contribution in [2.24, 2.45) is 0 Å². The first-order valence-electron chi connectivity index (χ1n) is 11.1. The van der Waals surface area contributed by atoms with E-state index in [0.717, 1.165) is 18.5 Å². The van der Waals surface area contributed by atoms with Gasteiger partial charge >= 0.3 is 0 Å². The minimum Gasteiger partial charge on any atom is -0.310 e. The Kier molecular flexibility index (Phi) is 4.80. The van der Waals surface area contributed by atoms with E-state index in [1.165, 1.54) is 10.9 Å². The van der Waals surface area contributed by atoms with Crippen LogP contribution in [0.3, 0.4) is 0 Å². The molecule has 1 aromatic carbocycles. The molecule has 0 N–H and O–H groups in total. The largest absolute Gasteiger partial charge is 0.310 e. The summed E-state index contributed by atoms with van der Waals surface area (Å²) in [5.41, 5.74) is 2.65. The topological polar surface area (TPSA) is 96.3 Å². The third-order valence-electron chi connectivity index (χ3n) is 6.04. The second-order valence-electron chi connectivity index (χ2n) is 8.76. The Labute approximate surface area is 199 Å². The Bertz CT molecular complexity index is 1590. The van der Waals surface area contributed by atoms with E-state index in [0.29, 0.717) is 44.9 Å². The number of hydrogen-bond acceptors (Lipinski definition) is 6. The summed E-state index contributed by atoms with van der Waals surface area (Å²) < 4.78 is 5.23. The van der Waals surface area contributed by atoms with Gasteiger partial charge in [0.1, 0.15) is 24.2 Å². The first-order chi connectivity index (χ1) is 16.5. The predicted octanol–water partition coefficient (Wildman–Crippen LogP) is 4.34. The van der Waals surface area contributed by atoms with Crippen LogP contribution in [-0.4, -0.2) is 38.9 Å². The molecule has 1 saturated carbocycles. The van der Waals surface area contributed by atoms with Crippen molar-refractivity contribution in [3.05, 3.63) is 76.6 Å². The molecule has 170 valence electrons. The van der Waals surface area contributed by atoms with E-state index >= 15 is 0 Å². The molecule has 4 heterocycles. The van der Waals surface area contributed by atoms with Gasteiger partial charge in [-0.3, -0.25) is 9.36 Å². The van der Waals surface area contributed by atoms with Crippen molar-refractivity contribution in [1.29, 1.82) is 0 Å². The van der Waals surface area contributed by atoms with Crippen LogP contribution in [0.25, 0.3) is 33.9 Å². The van der Waals surface area contributed by atoms with Crippen molar-refractivity contribution in [1.82, 2.24) is 38.9 Å². The number of pyridine rings is 1. The van der Waals surface area contributed by atoms with E-state index in [4.69, 9.17) is 11.6 Å². The lowest BCUT2D eigenvalue weighted by Crippen LogP contribution is -2.20. The standard InChI is InChI=1S/C24H21ClN8O/c1-14(2)32-13-28-30-23(32)18-4-3-5-22(29-18)33-12-27-19-9-17(25)21(8-16(19)24(33)34)31-10-20(26-11-31)15-6-7-15/h3-5,8-15H,6-7H2,1-2H3. The fourth-order valence-corrected chi connectivity index (χ4v) is 4.29. The molecule has 5 aromatic rings. The molecule has 0 unspecified atom stereocenters. The van der Waals surface area contributed by atoms with E-state index in [1.54, 1.807) is 30.9 Å². The monoisotopic (exact) mass is 472 g/mol. The molecule has 0 amide bonds. The lowest BCUT2D eigenvalue weighted by Gasteiger charge is -2.12. The maximum Gasteiger partial charge on any atom is 0.267 e. The molecular weight excluding hydrogens is 452 g/mol. The van der Waals surface area contributed by atoms with Gasteiger partial charge in [-0.15, -0.1) is 10.2 Å². The third kappa shape index (κ3) is 3.49. The lowest BCUT2D eigenvalue weighted by atomic mass is 10.2. The highest BCUT2D eigenvalue weighted by molar-refractivity contribution is 6.33. The number of aromatic nitrogens is 8. The Balaban J connectivity index is 1.45. The van der Waals surface area contributed by atoms with E-state index in [2.05, 4.69) is 25.1 Å². The molecule has 0 bridgehead atoms. The molecular formula is C24H21ClN8O. The molecule has 1 aliphatic rings. The van der Waals surface area contributed by atoms with Gasteiger partial charge in [-0.2, -0.15) is 0 Å². The van der Waals surface area contributed by atoms with Gasteiger partial charge in [0.2, 0.25) is 0 Å². The summed E-state index contributed by atoms with van der Waals surface area (Å²) in [5.74, 6) is 1.61. The molecule has 0 spiro atoms. The predicted molar refractivity (Wildman–Crippen MR) is 129 cm³/mol. The highest BCUT2D eigenvalue weighted by atomic mass is 35.5. The van der Waals surface area contributed by atoms with Gasteiger partial charge < -0.3 is 9.13 Å². The summed E-state index contributed by atoms with van der Waals surface area (Å²) in [4.78, 5) is 27.2. The van der Waals surface area contributed by atoms with Gasteiger partial charge in [-0.05, 0) is 51.0 Å². The summed E-state index contributed by atoms with van der Waals surface area (Å²) in [5, 5.41) is 9.18. The van der Waals surface area contributed by atoms with Crippen LogP contribution in [0.2, 0.25) is 5.02 Å². The lowest BCUT2D eigenvalue weighted by molar-refractivity contribution is 0.603. The third-order valence-corrected chi connectivity index (χ3v) is 6.35. The van der Waals surface area contributed by atoms with Gasteiger partial charge in [-0.25, -0.2) is 15.0 Å². The quantitative estimate of drug-likeness (QED) is 0.377. The smallest absolute Gasteiger partial charge is 0.267 e. The first-order valence-corrected chi connectivity index (χ1v) is 11.5. The fraction of sp³-hybridized carbons (Fsp3) is 0.250. The van der Waals surface area contributed by atoms with Crippen LogP contribution in [0.4, 0.5) is 0 Å². The van der Waals surface area contributed by atoms with Crippen molar-refractivity contribution in [2.75, 3.05) is 0 Å². The van der Waals surface area contributed by atoms with Crippen molar-refractivity contribution in [3.8, 4) is 23.0 Å². The van der Waals surface area contributed by atoms with E-state index in [9.17, 15) is 4.79 Å². The van der Waals surface area contributed by atoms with Crippen molar-refractivity contribution in [2.45, 2.75) is 38.6 Å². The van der Waals surface area contributed by atoms with E-state index in [1.807, 2.05) is 41.3 Å². The number of benzene rings is 1. The number of imidazole rings is 1. The summed E-state index contributed by atoms with van der Waals surface area (Å²) in [6.07, 6.45) is 9.20. The van der Waals surface area contributed by atoms with Crippen molar-refractivity contribution >= 4 is 22.5 Å². The second kappa shape index (κ2) is 7.88. The molecule has 0 saturated heterocycles. The van der Waals surface area contributed by atoms with Crippen LogP contribution in [0.1, 0.15) is 44.3 Å². The molecule has 6 rings (SSSR count). The zero-order valence-electron chi connectivity index (χ0n) is 18.6. The Morgan fingerprint density at radius 2 is 1.94 bits per heavy atom. The number of rotatable bonds is 5. The van der Waals surface area contributed by atoms with E-state index in [-0.39, 0.29) is 11.6 Å². The zero-order chi connectivity index (χ0) is 23.4. The molecule has 4 aromatic heterocycles. The summed E-state index contributed by atoms with van der Waals surface area (Å²) >= 11 is 6.54. The minimum absolute atomic E-state index is 0.173.